The number of hydrogen-bond donors (Lipinski definition) is 0. The van der Waals surface area contributed by atoms with E-state index in [1.165, 1.54) is 18.2 Å². The van der Waals surface area contributed by atoms with Gasteiger partial charge in [-0.25, -0.2) is 4.39 Å². The van der Waals surface area contributed by atoms with E-state index in [4.69, 9.17) is 0 Å². The van der Waals surface area contributed by atoms with Gasteiger partial charge in [0, 0.05) is 5.56 Å². The molecule has 0 fully saturated rings. The molecule has 0 amide bonds. The van der Waals surface area contributed by atoms with Gasteiger partial charge in [0.15, 0.2) is 5.78 Å². The fourth-order valence-corrected chi connectivity index (χ4v) is 0.866. The third kappa shape index (κ3) is 1.90. The SMILES string of the molecule is BCC(=O)c1cccc(F)c1. The van der Waals surface area contributed by atoms with Crippen molar-refractivity contribution in [2.45, 2.75) is 6.32 Å². The first-order valence-electron chi connectivity index (χ1n) is 3.53. The van der Waals surface area contributed by atoms with Gasteiger partial charge in [0.2, 0.25) is 0 Å². The number of ketones is 1. The second-order valence-electron chi connectivity index (χ2n) is 2.29. The molecule has 0 aliphatic rings. The van der Waals surface area contributed by atoms with Crippen molar-refractivity contribution in [2.24, 2.45) is 0 Å². The van der Waals surface area contributed by atoms with Crippen LogP contribution in [-0.4, -0.2) is 13.6 Å². The van der Waals surface area contributed by atoms with E-state index in [-0.39, 0.29) is 11.6 Å². The van der Waals surface area contributed by atoms with Crippen LogP contribution in [0.15, 0.2) is 24.3 Å². The Kier molecular flexibility index (Phi) is 2.42. The molecule has 0 bridgehead atoms. The van der Waals surface area contributed by atoms with Crippen molar-refractivity contribution in [2.75, 3.05) is 0 Å². The smallest absolute Gasteiger partial charge is 0.155 e. The zero-order valence-electron chi connectivity index (χ0n) is 6.30. The van der Waals surface area contributed by atoms with Gasteiger partial charge in [-0.1, -0.05) is 12.1 Å². The molecule has 0 unspecified atom stereocenters. The molecule has 0 saturated heterocycles. The number of carbonyl (C=O) groups is 1. The predicted octanol–water partition coefficient (Wildman–Crippen LogP) is 1.06. The van der Waals surface area contributed by atoms with Crippen LogP contribution in [0.3, 0.4) is 0 Å². The van der Waals surface area contributed by atoms with Crippen molar-refractivity contribution in [1.29, 1.82) is 0 Å². The summed E-state index contributed by atoms with van der Waals surface area (Å²) in [6, 6.07) is 5.74. The molecule has 56 valence electrons. The van der Waals surface area contributed by atoms with Gasteiger partial charge in [-0.05, 0) is 18.5 Å². The first-order valence-corrected chi connectivity index (χ1v) is 3.53. The first kappa shape index (κ1) is 7.99. The van der Waals surface area contributed by atoms with Crippen LogP contribution in [-0.2, 0) is 0 Å². The number of hydrogen-bond acceptors (Lipinski definition) is 1. The van der Waals surface area contributed by atoms with Gasteiger partial charge in [0.05, 0.1) is 0 Å². The molecule has 0 aliphatic heterocycles. The molecule has 11 heavy (non-hydrogen) atoms. The highest BCUT2D eigenvalue weighted by atomic mass is 19.1. The summed E-state index contributed by atoms with van der Waals surface area (Å²) >= 11 is 0. The zero-order valence-corrected chi connectivity index (χ0v) is 6.30. The summed E-state index contributed by atoms with van der Waals surface area (Å²) in [5.74, 6) is -0.381. The van der Waals surface area contributed by atoms with Crippen molar-refractivity contribution < 1.29 is 9.18 Å². The van der Waals surface area contributed by atoms with Crippen molar-refractivity contribution in [3.63, 3.8) is 0 Å². The average molecular weight is 150 g/mol. The maximum atomic E-state index is 12.5. The summed E-state index contributed by atoms with van der Waals surface area (Å²) in [6.07, 6.45) is 0.420. The molecule has 0 aromatic heterocycles. The van der Waals surface area contributed by atoms with Crippen LogP contribution in [0, 0.1) is 5.82 Å². The fraction of sp³-hybridized carbons (Fsp3) is 0.125. The standard InChI is InChI=1S/C8H8BFO/c9-5-8(11)6-2-1-3-7(10)4-6/h1-4H,5,9H2. The molecule has 1 nitrogen and oxygen atoms in total. The predicted molar refractivity (Wildman–Crippen MR) is 44.1 cm³/mol. The Hall–Kier alpha value is -1.12. The first-order chi connectivity index (χ1) is 5.24. The van der Waals surface area contributed by atoms with Gasteiger partial charge in [-0.3, -0.25) is 4.79 Å². The van der Waals surface area contributed by atoms with Crippen LogP contribution in [0.25, 0.3) is 0 Å². The third-order valence-electron chi connectivity index (χ3n) is 1.47. The highest BCUT2D eigenvalue weighted by Crippen LogP contribution is 2.05. The molecule has 0 atom stereocenters. The van der Waals surface area contributed by atoms with Crippen molar-refractivity contribution >= 4 is 13.6 Å². The zero-order chi connectivity index (χ0) is 8.27. The lowest BCUT2D eigenvalue weighted by Gasteiger charge is -1.95. The largest absolute Gasteiger partial charge is 0.295 e. The summed E-state index contributed by atoms with van der Waals surface area (Å²) in [4.78, 5) is 11.0. The highest BCUT2D eigenvalue weighted by Gasteiger charge is 2.01. The second kappa shape index (κ2) is 3.33. The van der Waals surface area contributed by atoms with Gasteiger partial charge in [-0.15, -0.1) is 0 Å². The molecule has 1 aromatic carbocycles. The Morgan fingerprint density at radius 3 is 2.82 bits per heavy atom. The molecule has 0 aliphatic carbocycles. The van der Waals surface area contributed by atoms with Gasteiger partial charge >= 0.3 is 0 Å². The Morgan fingerprint density at radius 2 is 2.27 bits per heavy atom. The monoisotopic (exact) mass is 150 g/mol. The minimum atomic E-state index is -0.357. The van der Waals surface area contributed by atoms with Gasteiger partial charge in [0.1, 0.15) is 13.7 Å². The highest BCUT2D eigenvalue weighted by molar-refractivity contribution is 6.23. The number of halogens is 1. The van der Waals surface area contributed by atoms with Crippen molar-refractivity contribution in [3.8, 4) is 0 Å². The second-order valence-corrected chi connectivity index (χ2v) is 2.29. The Labute approximate surface area is 65.6 Å². The molecule has 0 N–H and O–H groups in total. The molecule has 0 saturated carbocycles. The maximum absolute atomic E-state index is 12.5. The summed E-state index contributed by atoms with van der Waals surface area (Å²) < 4.78 is 12.5. The normalized spacial score (nSPS) is 9.55. The van der Waals surface area contributed by atoms with Gasteiger partial charge in [-0.2, -0.15) is 0 Å². The number of Topliss-reactive ketones (excluding diaryl/α,β-unsaturated/α-hetero) is 1. The topological polar surface area (TPSA) is 17.1 Å². The third-order valence-corrected chi connectivity index (χ3v) is 1.47. The van der Waals surface area contributed by atoms with E-state index >= 15 is 0 Å². The minimum Gasteiger partial charge on any atom is -0.295 e. The lowest BCUT2D eigenvalue weighted by molar-refractivity contribution is 0.101. The van der Waals surface area contributed by atoms with Crippen LogP contribution in [0.5, 0.6) is 0 Å². The molecule has 0 spiro atoms. The van der Waals surface area contributed by atoms with E-state index in [1.807, 2.05) is 0 Å². The number of benzene rings is 1. The summed E-state index contributed by atoms with van der Waals surface area (Å²) in [7, 11) is 1.76. The summed E-state index contributed by atoms with van der Waals surface area (Å²) in [5.41, 5.74) is 0.451. The van der Waals surface area contributed by atoms with E-state index in [0.29, 0.717) is 11.9 Å². The molecule has 1 aromatic rings. The maximum Gasteiger partial charge on any atom is 0.155 e. The van der Waals surface area contributed by atoms with E-state index in [2.05, 4.69) is 0 Å². The molecule has 0 heterocycles. The van der Waals surface area contributed by atoms with E-state index in [1.54, 1.807) is 13.9 Å². The minimum absolute atomic E-state index is 0.0236. The van der Waals surface area contributed by atoms with Crippen LogP contribution in [0.2, 0.25) is 6.32 Å². The Morgan fingerprint density at radius 1 is 1.55 bits per heavy atom. The van der Waals surface area contributed by atoms with Crippen molar-refractivity contribution in [3.05, 3.63) is 35.6 Å². The number of rotatable bonds is 2. The Bertz CT molecular complexity index is 273. The van der Waals surface area contributed by atoms with Crippen LogP contribution >= 0.6 is 0 Å². The van der Waals surface area contributed by atoms with Crippen LogP contribution in [0.4, 0.5) is 4.39 Å². The average Bonchev–Trinajstić information content (AvgIpc) is 2.03. The van der Waals surface area contributed by atoms with Gasteiger partial charge < -0.3 is 0 Å². The van der Waals surface area contributed by atoms with E-state index in [0.717, 1.165) is 0 Å². The molecule has 0 radical (unpaired) electrons. The molecular formula is C8H8BFO. The van der Waals surface area contributed by atoms with E-state index < -0.39 is 0 Å². The van der Waals surface area contributed by atoms with E-state index in [9.17, 15) is 9.18 Å². The lowest BCUT2D eigenvalue weighted by atomic mass is 9.96. The van der Waals surface area contributed by atoms with Crippen LogP contribution in [0.1, 0.15) is 10.4 Å². The van der Waals surface area contributed by atoms with Crippen LogP contribution < -0.4 is 0 Å². The van der Waals surface area contributed by atoms with Crippen molar-refractivity contribution in [1.82, 2.24) is 0 Å². The summed E-state index contributed by atoms with van der Waals surface area (Å²) in [6.45, 7) is 0. The molecule has 3 heteroatoms. The molecule has 1 rings (SSSR count). The quantitative estimate of drug-likeness (QED) is 0.455. The lowest BCUT2D eigenvalue weighted by Crippen LogP contribution is -1.97. The Balaban J connectivity index is 2.96. The number of carbonyl (C=O) groups excluding carboxylic acids is 1. The van der Waals surface area contributed by atoms with Gasteiger partial charge in [0.25, 0.3) is 0 Å². The molecular weight excluding hydrogens is 142 g/mol. The fourth-order valence-electron chi connectivity index (χ4n) is 0.866. The summed E-state index contributed by atoms with van der Waals surface area (Å²) in [5, 5.41) is 0.